The van der Waals surface area contributed by atoms with Gasteiger partial charge < -0.3 is 9.83 Å². The first-order valence-corrected chi connectivity index (χ1v) is 6.35. The smallest absolute Gasteiger partial charge is 0.154 e. The molecule has 0 heterocycles. The lowest BCUT2D eigenvalue weighted by atomic mass is 10.2. The highest BCUT2D eigenvalue weighted by Crippen LogP contribution is 2.25. The van der Waals surface area contributed by atoms with Crippen molar-refractivity contribution in [2.75, 3.05) is 4.72 Å². The zero-order valence-electron chi connectivity index (χ0n) is 9.38. The van der Waals surface area contributed by atoms with Crippen LogP contribution in [0.1, 0.15) is 5.56 Å². The molecule has 0 radical (unpaired) electrons. The van der Waals surface area contributed by atoms with Crippen molar-refractivity contribution >= 4 is 16.7 Å². The van der Waals surface area contributed by atoms with Crippen molar-refractivity contribution < 1.29 is 9.32 Å². The second kappa shape index (κ2) is 5.01. The topological polar surface area (TPSA) is 49.3 Å². The van der Waals surface area contributed by atoms with E-state index in [2.05, 4.69) is 4.72 Å². The Morgan fingerprint density at radius 2 is 1.76 bits per heavy atom. The summed E-state index contributed by atoms with van der Waals surface area (Å²) >= 11 is 0. The van der Waals surface area contributed by atoms with Crippen molar-refractivity contribution in [3.8, 4) is 5.75 Å². The third-order valence-electron chi connectivity index (χ3n) is 2.38. The maximum absolute atomic E-state index is 12.0. The summed E-state index contributed by atoms with van der Waals surface area (Å²) in [5.74, 6) is 0.0780. The lowest BCUT2D eigenvalue weighted by Gasteiger charge is -2.08. The number of phenolic OH excluding ortho intramolecular Hbond substituents is 1. The van der Waals surface area contributed by atoms with Crippen LogP contribution in [0.3, 0.4) is 0 Å². The Morgan fingerprint density at radius 1 is 1.06 bits per heavy atom. The van der Waals surface area contributed by atoms with Gasteiger partial charge in [-0.25, -0.2) is 4.21 Å². The molecule has 2 rings (SSSR count). The Morgan fingerprint density at radius 3 is 2.47 bits per heavy atom. The molecular formula is C13H13NO2S. The number of anilines is 1. The molecule has 3 nitrogen and oxygen atoms in total. The minimum absolute atomic E-state index is 0.0780. The van der Waals surface area contributed by atoms with E-state index in [0.717, 1.165) is 5.69 Å². The van der Waals surface area contributed by atoms with Crippen molar-refractivity contribution in [1.29, 1.82) is 0 Å². The summed E-state index contributed by atoms with van der Waals surface area (Å²) in [7, 11) is -1.46. The Balaban J connectivity index is 2.24. The number of hydrogen-bond acceptors (Lipinski definition) is 2. The highest BCUT2D eigenvalue weighted by molar-refractivity contribution is 7.86. The Labute approximate surface area is 103 Å². The van der Waals surface area contributed by atoms with E-state index < -0.39 is 11.0 Å². The number of para-hydroxylation sites is 2. The lowest BCUT2D eigenvalue weighted by Crippen LogP contribution is -2.05. The van der Waals surface area contributed by atoms with Crippen LogP contribution in [0.25, 0.3) is 0 Å². The third kappa shape index (κ3) is 2.65. The number of aromatic hydroxyl groups is 1. The van der Waals surface area contributed by atoms with Crippen LogP contribution in [0, 0.1) is 6.92 Å². The highest BCUT2D eigenvalue weighted by Gasteiger charge is 2.10. The molecule has 0 aliphatic carbocycles. The predicted octanol–water partition coefficient (Wildman–Crippen LogP) is 2.84. The van der Waals surface area contributed by atoms with E-state index in [1.54, 1.807) is 25.1 Å². The predicted molar refractivity (Wildman–Crippen MR) is 69.3 cm³/mol. The fraction of sp³-hybridized carbons (Fsp3) is 0.0769. The van der Waals surface area contributed by atoms with Gasteiger partial charge in [0.1, 0.15) is 10.6 Å². The van der Waals surface area contributed by atoms with E-state index >= 15 is 0 Å². The van der Waals surface area contributed by atoms with Crippen molar-refractivity contribution in [2.24, 2.45) is 0 Å². The second-order valence-corrected chi connectivity index (χ2v) is 4.84. The van der Waals surface area contributed by atoms with Crippen LogP contribution in [-0.2, 0) is 11.0 Å². The van der Waals surface area contributed by atoms with E-state index in [-0.39, 0.29) is 5.75 Å². The normalized spacial score (nSPS) is 12.1. The van der Waals surface area contributed by atoms with Crippen molar-refractivity contribution in [3.63, 3.8) is 0 Å². The summed E-state index contributed by atoms with van der Waals surface area (Å²) in [6.07, 6.45) is 0. The molecule has 0 amide bonds. The average Bonchev–Trinajstić information content (AvgIpc) is 2.34. The Hall–Kier alpha value is -1.81. The molecule has 88 valence electrons. The van der Waals surface area contributed by atoms with Crippen LogP contribution in [0.5, 0.6) is 5.75 Å². The minimum Gasteiger partial charge on any atom is -0.506 e. The third-order valence-corrected chi connectivity index (χ3v) is 3.53. The molecule has 0 aromatic heterocycles. The fourth-order valence-corrected chi connectivity index (χ4v) is 2.45. The van der Waals surface area contributed by atoms with Gasteiger partial charge in [0, 0.05) is 5.69 Å². The molecule has 1 atom stereocenters. The molecule has 2 N–H and O–H groups in total. The summed E-state index contributed by atoms with van der Waals surface area (Å²) in [6, 6.07) is 14.4. The zero-order chi connectivity index (χ0) is 12.3. The quantitative estimate of drug-likeness (QED) is 0.876. The molecule has 0 fully saturated rings. The Kier molecular flexibility index (Phi) is 3.44. The van der Waals surface area contributed by atoms with Crippen LogP contribution in [0.4, 0.5) is 5.69 Å². The van der Waals surface area contributed by atoms with Crippen LogP contribution < -0.4 is 4.72 Å². The van der Waals surface area contributed by atoms with E-state index in [1.165, 1.54) is 0 Å². The summed E-state index contributed by atoms with van der Waals surface area (Å²) in [5.41, 5.74) is 1.47. The fourth-order valence-electron chi connectivity index (χ4n) is 1.45. The molecule has 0 saturated heterocycles. The van der Waals surface area contributed by atoms with Crippen LogP contribution in [-0.4, -0.2) is 9.32 Å². The minimum atomic E-state index is -1.46. The zero-order valence-corrected chi connectivity index (χ0v) is 10.2. The number of rotatable bonds is 3. The molecule has 0 bridgehead atoms. The highest BCUT2D eigenvalue weighted by atomic mass is 32.2. The SMILES string of the molecule is Cc1cccc(S(=O)Nc2ccccc2)c1O. The Bertz CT molecular complexity index is 540. The van der Waals surface area contributed by atoms with Crippen LogP contribution >= 0.6 is 0 Å². The standard InChI is InChI=1S/C13H13NO2S/c1-10-6-5-9-12(13(10)15)17(16)14-11-7-3-2-4-8-11/h2-9,14-15H,1H3. The van der Waals surface area contributed by atoms with Gasteiger partial charge in [-0.1, -0.05) is 30.3 Å². The summed E-state index contributed by atoms with van der Waals surface area (Å²) in [4.78, 5) is 0.397. The molecule has 2 aromatic rings. The van der Waals surface area contributed by atoms with E-state index in [1.807, 2.05) is 30.3 Å². The molecule has 0 saturated carbocycles. The molecule has 0 aliphatic heterocycles. The van der Waals surface area contributed by atoms with Crippen LogP contribution in [0.15, 0.2) is 53.4 Å². The van der Waals surface area contributed by atoms with Crippen molar-refractivity contribution in [3.05, 3.63) is 54.1 Å². The monoisotopic (exact) mass is 247 g/mol. The summed E-state index contributed by atoms with van der Waals surface area (Å²) < 4.78 is 14.9. The molecular weight excluding hydrogens is 234 g/mol. The molecule has 17 heavy (non-hydrogen) atoms. The van der Waals surface area contributed by atoms with Gasteiger partial charge in [-0.15, -0.1) is 0 Å². The van der Waals surface area contributed by atoms with Gasteiger partial charge in [0.15, 0.2) is 11.0 Å². The van der Waals surface area contributed by atoms with E-state index in [0.29, 0.717) is 10.5 Å². The molecule has 1 unspecified atom stereocenters. The maximum atomic E-state index is 12.0. The first-order chi connectivity index (χ1) is 8.18. The lowest BCUT2D eigenvalue weighted by molar-refractivity contribution is 0.457. The first kappa shape index (κ1) is 11.7. The number of aryl methyl sites for hydroxylation is 1. The molecule has 0 aliphatic rings. The van der Waals surface area contributed by atoms with Gasteiger partial charge in [0.2, 0.25) is 0 Å². The van der Waals surface area contributed by atoms with Crippen LogP contribution in [0.2, 0.25) is 0 Å². The van der Waals surface area contributed by atoms with E-state index in [9.17, 15) is 9.32 Å². The number of nitrogens with one attached hydrogen (secondary N) is 1. The van der Waals surface area contributed by atoms with Gasteiger partial charge in [-0.2, -0.15) is 0 Å². The molecule has 2 aromatic carbocycles. The number of benzene rings is 2. The number of phenols is 1. The van der Waals surface area contributed by atoms with Gasteiger partial charge in [-0.05, 0) is 30.7 Å². The maximum Gasteiger partial charge on any atom is 0.154 e. The number of hydrogen-bond donors (Lipinski definition) is 2. The first-order valence-electron chi connectivity index (χ1n) is 5.20. The van der Waals surface area contributed by atoms with Gasteiger partial charge in [0.05, 0.1) is 0 Å². The van der Waals surface area contributed by atoms with E-state index in [4.69, 9.17) is 0 Å². The van der Waals surface area contributed by atoms with Gasteiger partial charge in [0.25, 0.3) is 0 Å². The molecule has 0 spiro atoms. The second-order valence-electron chi connectivity index (χ2n) is 3.66. The van der Waals surface area contributed by atoms with Gasteiger partial charge >= 0.3 is 0 Å². The van der Waals surface area contributed by atoms with Crippen molar-refractivity contribution in [2.45, 2.75) is 11.8 Å². The van der Waals surface area contributed by atoms with Gasteiger partial charge in [-0.3, -0.25) is 0 Å². The summed E-state index contributed by atoms with van der Waals surface area (Å²) in [5, 5.41) is 9.81. The average molecular weight is 247 g/mol. The van der Waals surface area contributed by atoms with Crippen molar-refractivity contribution in [1.82, 2.24) is 0 Å². The summed E-state index contributed by atoms with van der Waals surface area (Å²) in [6.45, 7) is 1.78. The molecule has 4 heteroatoms. The largest absolute Gasteiger partial charge is 0.506 e.